The van der Waals surface area contributed by atoms with Crippen LogP contribution in [0.1, 0.15) is 31.2 Å². The number of halogens is 4. The maximum atomic E-state index is 14.4. The molecular formula is C16H17F4N5O. The predicted molar refractivity (Wildman–Crippen MR) is 85.3 cm³/mol. The van der Waals surface area contributed by atoms with Gasteiger partial charge >= 0.3 is 6.18 Å². The van der Waals surface area contributed by atoms with Crippen molar-refractivity contribution in [1.82, 2.24) is 19.7 Å². The lowest BCUT2D eigenvalue weighted by molar-refractivity contribution is -0.142. The van der Waals surface area contributed by atoms with E-state index in [0.29, 0.717) is 24.8 Å². The normalized spacial score (nSPS) is 15.4. The standard InChI is InChI=1S/C16H17F4N5O/c1-9(2)14-13(17)15(22-8-21-14)24-5-10(6-24)7-25-12(26)4-3-11(23-25)16(18,19)20/h3-4,8-10H,5-7H2,1-2H3. The molecule has 0 saturated carbocycles. The Morgan fingerprint density at radius 1 is 1.23 bits per heavy atom. The van der Waals surface area contributed by atoms with Gasteiger partial charge in [0.05, 0.1) is 12.2 Å². The third kappa shape index (κ3) is 3.54. The summed E-state index contributed by atoms with van der Waals surface area (Å²) in [4.78, 5) is 21.3. The molecular weight excluding hydrogens is 354 g/mol. The summed E-state index contributed by atoms with van der Waals surface area (Å²) in [6, 6.07) is 1.51. The highest BCUT2D eigenvalue weighted by Gasteiger charge is 2.35. The highest BCUT2D eigenvalue weighted by Crippen LogP contribution is 2.29. The fraction of sp³-hybridized carbons (Fsp3) is 0.500. The molecule has 3 rings (SSSR count). The summed E-state index contributed by atoms with van der Waals surface area (Å²) < 4.78 is 53.4. The van der Waals surface area contributed by atoms with E-state index in [-0.39, 0.29) is 24.2 Å². The number of rotatable bonds is 4. The Balaban J connectivity index is 1.70. The zero-order valence-corrected chi connectivity index (χ0v) is 14.2. The number of anilines is 1. The van der Waals surface area contributed by atoms with E-state index in [0.717, 1.165) is 10.7 Å². The molecule has 0 unspecified atom stereocenters. The summed E-state index contributed by atoms with van der Waals surface area (Å²) in [5.74, 6) is -0.540. The molecule has 3 heterocycles. The van der Waals surface area contributed by atoms with E-state index in [4.69, 9.17) is 0 Å². The van der Waals surface area contributed by atoms with Crippen LogP contribution in [-0.4, -0.2) is 32.8 Å². The SMILES string of the molecule is CC(C)c1ncnc(N2CC(Cn3nc(C(F)(F)F)ccc3=O)C2)c1F. The van der Waals surface area contributed by atoms with E-state index in [1.165, 1.54) is 6.33 Å². The fourth-order valence-electron chi connectivity index (χ4n) is 2.83. The Morgan fingerprint density at radius 2 is 1.92 bits per heavy atom. The molecule has 2 aromatic rings. The molecule has 1 saturated heterocycles. The Bertz CT molecular complexity index is 858. The molecule has 26 heavy (non-hydrogen) atoms. The second kappa shape index (κ2) is 6.65. The van der Waals surface area contributed by atoms with E-state index in [9.17, 15) is 22.4 Å². The van der Waals surface area contributed by atoms with Gasteiger partial charge in [-0.15, -0.1) is 0 Å². The van der Waals surface area contributed by atoms with Gasteiger partial charge in [0.25, 0.3) is 5.56 Å². The van der Waals surface area contributed by atoms with E-state index >= 15 is 0 Å². The van der Waals surface area contributed by atoms with Gasteiger partial charge in [-0.05, 0) is 12.0 Å². The Labute approximate surface area is 146 Å². The molecule has 1 aliphatic heterocycles. The summed E-state index contributed by atoms with van der Waals surface area (Å²) >= 11 is 0. The summed E-state index contributed by atoms with van der Waals surface area (Å²) in [5.41, 5.74) is -1.40. The first-order valence-electron chi connectivity index (χ1n) is 8.07. The van der Waals surface area contributed by atoms with E-state index in [1.807, 2.05) is 13.8 Å². The van der Waals surface area contributed by atoms with Crippen molar-refractivity contribution >= 4 is 5.82 Å². The van der Waals surface area contributed by atoms with E-state index < -0.39 is 23.2 Å². The molecule has 140 valence electrons. The van der Waals surface area contributed by atoms with Crippen LogP contribution in [0.4, 0.5) is 23.4 Å². The molecule has 0 atom stereocenters. The van der Waals surface area contributed by atoms with Gasteiger partial charge < -0.3 is 4.90 Å². The second-order valence-corrected chi connectivity index (χ2v) is 6.56. The quantitative estimate of drug-likeness (QED) is 0.773. The lowest BCUT2D eigenvalue weighted by atomic mass is 9.99. The first-order valence-corrected chi connectivity index (χ1v) is 8.07. The van der Waals surface area contributed by atoms with Gasteiger partial charge in [-0.1, -0.05) is 13.8 Å². The molecule has 10 heteroatoms. The molecule has 0 aliphatic carbocycles. The van der Waals surface area contributed by atoms with Gasteiger partial charge in [0.2, 0.25) is 0 Å². The number of hydrogen-bond acceptors (Lipinski definition) is 5. The molecule has 0 amide bonds. The van der Waals surface area contributed by atoms with Gasteiger partial charge in [-0.3, -0.25) is 4.79 Å². The van der Waals surface area contributed by atoms with Crippen LogP contribution in [-0.2, 0) is 12.7 Å². The lowest BCUT2D eigenvalue weighted by Gasteiger charge is -2.40. The van der Waals surface area contributed by atoms with Crippen LogP contribution >= 0.6 is 0 Å². The van der Waals surface area contributed by atoms with Crippen LogP contribution in [0.15, 0.2) is 23.3 Å². The van der Waals surface area contributed by atoms with Crippen LogP contribution in [0.25, 0.3) is 0 Å². The lowest BCUT2D eigenvalue weighted by Crippen LogP contribution is -2.50. The molecule has 6 nitrogen and oxygen atoms in total. The first-order chi connectivity index (χ1) is 12.2. The Kier molecular flexibility index (Phi) is 4.68. The smallest absolute Gasteiger partial charge is 0.353 e. The van der Waals surface area contributed by atoms with Crippen molar-refractivity contribution in [3.63, 3.8) is 0 Å². The number of nitrogens with zero attached hydrogens (tertiary/aromatic N) is 5. The molecule has 0 bridgehead atoms. The largest absolute Gasteiger partial charge is 0.435 e. The Hall–Kier alpha value is -2.52. The fourth-order valence-corrected chi connectivity index (χ4v) is 2.83. The summed E-state index contributed by atoms with van der Waals surface area (Å²) in [5, 5.41) is 3.38. The molecule has 0 spiro atoms. The average Bonchev–Trinajstić information content (AvgIpc) is 2.51. The summed E-state index contributed by atoms with van der Waals surface area (Å²) in [6.07, 6.45) is -3.32. The molecule has 1 aliphatic rings. The first kappa shape index (κ1) is 18.3. The van der Waals surface area contributed by atoms with Crippen LogP contribution in [0, 0.1) is 11.7 Å². The van der Waals surface area contributed by atoms with Gasteiger partial charge in [-0.25, -0.2) is 19.0 Å². The minimum Gasteiger partial charge on any atom is -0.353 e. The van der Waals surface area contributed by atoms with Gasteiger partial charge in [0.15, 0.2) is 17.3 Å². The summed E-state index contributed by atoms with van der Waals surface area (Å²) in [6.45, 7) is 4.41. The maximum Gasteiger partial charge on any atom is 0.435 e. The number of alkyl halides is 3. The van der Waals surface area contributed by atoms with Crippen LogP contribution in [0.3, 0.4) is 0 Å². The van der Waals surface area contributed by atoms with E-state index in [1.54, 1.807) is 4.90 Å². The van der Waals surface area contributed by atoms with Crippen molar-refractivity contribution in [1.29, 1.82) is 0 Å². The van der Waals surface area contributed by atoms with Crippen molar-refractivity contribution in [2.45, 2.75) is 32.5 Å². The van der Waals surface area contributed by atoms with Crippen molar-refractivity contribution < 1.29 is 17.6 Å². The highest BCUT2D eigenvalue weighted by atomic mass is 19.4. The minimum atomic E-state index is -4.61. The Morgan fingerprint density at radius 3 is 2.54 bits per heavy atom. The minimum absolute atomic E-state index is 0.0307. The second-order valence-electron chi connectivity index (χ2n) is 6.56. The molecule has 0 aromatic carbocycles. The van der Waals surface area contributed by atoms with Crippen molar-refractivity contribution in [2.75, 3.05) is 18.0 Å². The van der Waals surface area contributed by atoms with Gasteiger partial charge in [-0.2, -0.15) is 18.3 Å². The van der Waals surface area contributed by atoms with Crippen LogP contribution < -0.4 is 10.5 Å². The third-order valence-electron chi connectivity index (χ3n) is 4.19. The van der Waals surface area contributed by atoms with Crippen molar-refractivity contribution in [2.24, 2.45) is 5.92 Å². The topological polar surface area (TPSA) is 63.9 Å². The molecule has 1 fully saturated rings. The molecule has 0 N–H and O–H groups in total. The van der Waals surface area contributed by atoms with Crippen molar-refractivity contribution in [3.8, 4) is 0 Å². The molecule has 2 aromatic heterocycles. The van der Waals surface area contributed by atoms with Crippen LogP contribution in [0.5, 0.6) is 0 Å². The summed E-state index contributed by atoms with van der Waals surface area (Å²) in [7, 11) is 0. The average molecular weight is 371 g/mol. The van der Waals surface area contributed by atoms with Gasteiger partial charge in [0.1, 0.15) is 6.33 Å². The van der Waals surface area contributed by atoms with E-state index in [2.05, 4.69) is 15.1 Å². The maximum absolute atomic E-state index is 14.4. The monoisotopic (exact) mass is 371 g/mol. The molecule has 0 radical (unpaired) electrons. The highest BCUT2D eigenvalue weighted by molar-refractivity contribution is 5.44. The third-order valence-corrected chi connectivity index (χ3v) is 4.19. The van der Waals surface area contributed by atoms with Crippen LogP contribution in [0.2, 0.25) is 0 Å². The number of aromatic nitrogens is 4. The zero-order chi connectivity index (χ0) is 19.1. The van der Waals surface area contributed by atoms with Gasteiger partial charge in [0, 0.05) is 25.1 Å². The zero-order valence-electron chi connectivity index (χ0n) is 14.2. The van der Waals surface area contributed by atoms with Crippen molar-refractivity contribution in [3.05, 3.63) is 46.0 Å². The number of hydrogen-bond donors (Lipinski definition) is 0. The predicted octanol–water partition coefficient (Wildman–Crippen LogP) is 2.45.